The Balaban J connectivity index is 2.73. The molecule has 1 aromatic rings. The molecule has 1 heterocycles. The average Bonchev–Trinajstić information content (AvgIpc) is 3.03. The maximum Gasteiger partial charge on any atom is 0.534 e. The Morgan fingerprint density at radius 3 is 2.41 bits per heavy atom. The summed E-state index contributed by atoms with van der Waals surface area (Å²) in [6, 6.07) is 0.687. The van der Waals surface area contributed by atoms with Crippen molar-refractivity contribution < 1.29 is 45.1 Å². The average molecular weight is 497 g/mol. The second-order valence-corrected chi connectivity index (χ2v) is 15.9. The molecule has 0 atom stereocenters. The lowest BCUT2D eigenvalue weighted by atomic mass is 9.95. The van der Waals surface area contributed by atoms with E-state index in [1.165, 1.54) is 13.0 Å². The molecule has 0 spiro atoms. The van der Waals surface area contributed by atoms with Crippen molar-refractivity contribution in [2.75, 3.05) is 13.2 Å². The third kappa shape index (κ3) is 5.84. The van der Waals surface area contributed by atoms with E-state index in [0.29, 0.717) is 11.6 Å². The van der Waals surface area contributed by atoms with Gasteiger partial charge in [0, 0.05) is 24.8 Å². The molecule has 0 unspecified atom stereocenters. The number of halogens is 3. The molecular formula is C20H27F3O7SSi. The van der Waals surface area contributed by atoms with Crippen LogP contribution in [0.1, 0.15) is 34.0 Å². The first-order valence-corrected chi connectivity index (χ1v) is 15.0. The zero-order valence-corrected chi connectivity index (χ0v) is 20.4. The van der Waals surface area contributed by atoms with Crippen molar-refractivity contribution >= 4 is 24.2 Å². The zero-order chi connectivity index (χ0) is 24.5. The SMILES string of the molecule is C/C(=C\Cc1c(OS(=O)(=O)C(F)(F)F)c(C)c2c(c1OCC[Si](C)(C)C)C(=O)OC2)CO. The van der Waals surface area contributed by atoms with Gasteiger partial charge in [-0.3, -0.25) is 0 Å². The number of esters is 1. The van der Waals surface area contributed by atoms with Crippen LogP contribution >= 0.6 is 0 Å². The fraction of sp³-hybridized carbons (Fsp3) is 0.550. The summed E-state index contributed by atoms with van der Waals surface area (Å²) in [6.45, 7) is 8.88. The van der Waals surface area contributed by atoms with Crippen LogP contribution < -0.4 is 8.92 Å². The standard InChI is InChI=1S/C20H27F3O7SSi/c1-12(10-24)6-7-14-17(30-31(26,27)20(21,22)23)13(2)15-11-29-19(25)16(15)18(14)28-8-9-32(3,4)5/h6,24H,7-11H2,1-5H3/b12-6+. The number of aliphatic hydroxyl groups is 1. The van der Waals surface area contributed by atoms with Gasteiger partial charge in [-0.15, -0.1) is 0 Å². The van der Waals surface area contributed by atoms with Gasteiger partial charge in [0.05, 0.1) is 13.2 Å². The summed E-state index contributed by atoms with van der Waals surface area (Å²) in [5.74, 6) is -1.31. The molecule has 0 bridgehead atoms. The van der Waals surface area contributed by atoms with Crippen LogP contribution in [-0.4, -0.2) is 46.3 Å². The smallest absolute Gasteiger partial charge is 0.493 e. The Morgan fingerprint density at radius 1 is 1.25 bits per heavy atom. The fourth-order valence-corrected chi connectivity index (χ4v) is 4.22. The van der Waals surface area contributed by atoms with Crippen LogP contribution in [0.3, 0.4) is 0 Å². The van der Waals surface area contributed by atoms with Crippen LogP contribution in [-0.2, 0) is 27.9 Å². The summed E-state index contributed by atoms with van der Waals surface area (Å²) < 4.78 is 78.3. The molecule has 0 saturated carbocycles. The van der Waals surface area contributed by atoms with Gasteiger partial charge in [-0.1, -0.05) is 31.3 Å². The highest BCUT2D eigenvalue weighted by molar-refractivity contribution is 7.88. The number of carbonyl (C=O) groups excluding carboxylic acids is 1. The van der Waals surface area contributed by atoms with Gasteiger partial charge >= 0.3 is 21.6 Å². The molecule has 1 aliphatic rings. The highest BCUT2D eigenvalue weighted by Crippen LogP contribution is 2.44. The lowest BCUT2D eigenvalue weighted by Crippen LogP contribution is -2.29. The molecule has 1 aliphatic heterocycles. The second-order valence-electron chi connectivity index (χ2n) is 8.75. The third-order valence-corrected chi connectivity index (χ3v) is 7.56. The number of allylic oxidation sites excluding steroid dienone is 1. The third-order valence-electron chi connectivity index (χ3n) is 4.90. The van der Waals surface area contributed by atoms with E-state index in [9.17, 15) is 31.5 Å². The summed E-state index contributed by atoms with van der Waals surface area (Å²) in [5.41, 5.74) is -4.87. The van der Waals surface area contributed by atoms with Gasteiger partial charge in [0.1, 0.15) is 17.9 Å². The van der Waals surface area contributed by atoms with Gasteiger partial charge in [0.15, 0.2) is 5.75 Å². The lowest BCUT2D eigenvalue weighted by molar-refractivity contribution is -0.0500. The number of alkyl halides is 3. The molecule has 0 radical (unpaired) electrons. The molecule has 1 aromatic carbocycles. The summed E-state index contributed by atoms with van der Waals surface area (Å²) in [7, 11) is -7.54. The van der Waals surface area contributed by atoms with Crippen LogP contribution in [0.5, 0.6) is 11.5 Å². The predicted octanol–water partition coefficient (Wildman–Crippen LogP) is 4.09. The molecule has 180 valence electrons. The number of aliphatic hydroxyl groups excluding tert-OH is 1. The van der Waals surface area contributed by atoms with E-state index in [1.54, 1.807) is 6.92 Å². The monoisotopic (exact) mass is 496 g/mol. The van der Waals surface area contributed by atoms with Crippen LogP contribution in [0, 0.1) is 6.92 Å². The van der Waals surface area contributed by atoms with E-state index in [-0.39, 0.29) is 54.2 Å². The number of hydrogen-bond acceptors (Lipinski definition) is 7. The number of hydrogen-bond donors (Lipinski definition) is 1. The Hall–Kier alpha value is -2.05. The van der Waals surface area contributed by atoms with Crippen molar-refractivity contribution in [3.8, 4) is 11.5 Å². The number of ether oxygens (including phenoxy) is 2. The van der Waals surface area contributed by atoms with Crippen LogP contribution in [0.15, 0.2) is 11.6 Å². The summed E-state index contributed by atoms with van der Waals surface area (Å²) >= 11 is 0. The van der Waals surface area contributed by atoms with Crippen molar-refractivity contribution in [3.63, 3.8) is 0 Å². The molecule has 32 heavy (non-hydrogen) atoms. The first kappa shape index (κ1) is 26.2. The van der Waals surface area contributed by atoms with E-state index in [0.717, 1.165) is 0 Å². The number of fused-ring (bicyclic) bond motifs is 1. The van der Waals surface area contributed by atoms with E-state index in [2.05, 4.69) is 23.8 Å². The predicted molar refractivity (Wildman–Crippen MR) is 114 cm³/mol. The molecule has 0 amide bonds. The van der Waals surface area contributed by atoms with Crippen LogP contribution in [0.4, 0.5) is 13.2 Å². The van der Waals surface area contributed by atoms with Gasteiger partial charge in [-0.05, 0) is 26.3 Å². The molecule has 2 rings (SSSR count). The topological polar surface area (TPSA) is 99.1 Å². The van der Waals surface area contributed by atoms with E-state index >= 15 is 0 Å². The maximum absolute atomic E-state index is 13.1. The van der Waals surface area contributed by atoms with E-state index in [1.807, 2.05) is 0 Å². The quantitative estimate of drug-likeness (QED) is 0.181. The minimum Gasteiger partial charge on any atom is -0.493 e. The first-order chi connectivity index (χ1) is 14.6. The summed E-state index contributed by atoms with van der Waals surface area (Å²) in [6.07, 6.45) is 1.37. The normalized spacial score (nSPS) is 14.9. The largest absolute Gasteiger partial charge is 0.534 e. The van der Waals surface area contributed by atoms with E-state index in [4.69, 9.17) is 9.47 Å². The fourth-order valence-electron chi connectivity index (χ4n) is 2.96. The van der Waals surface area contributed by atoms with Crippen molar-refractivity contribution in [2.24, 2.45) is 0 Å². The van der Waals surface area contributed by atoms with Crippen molar-refractivity contribution in [3.05, 3.63) is 33.9 Å². The Kier molecular flexibility index (Phi) is 7.73. The van der Waals surface area contributed by atoms with Gasteiger partial charge < -0.3 is 18.8 Å². The highest BCUT2D eigenvalue weighted by Gasteiger charge is 2.49. The number of cyclic esters (lactones) is 1. The molecule has 0 aromatic heterocycles. The minimum absolute atomic E-state index is 0.0312. The maximum atomic E-state index is 13.1. The Morgan fingerprint density at radius 2 is 1.88 bits per heavy atom. The zero-order valence-electron chi connectivity index (χ0n) is 18.6. The molecule has 1 N–H and O–H groups in total. The molecule has 0 aliphatic carbocycles. The number of benzene rings is 1. The van der Waals surface area contributed by atoms with Gasteiger partial charge in [0.2, 0.25) is 0 Å². The molecular weight excluding hydrogens is 469 g/mol. The molecule has 7 nitrogen and oxygen atoms in total. The summed E-state index contributed by atoms with van der Waals surface area (Å²) in [4.78, 5) is 12.4. The van der Waals surface area contributed by atoms with Crippen molar-refractivity contribution in [1.29, 1.82) is 0 Å². The van der Waals surface area contributed by atoms with Crippen LogP contribution in [0.2, 0.25) is 25.7 Å². The molecule has 12 heteroatoms. The van der Waals surface area contributed by atoms with Crippen molar-refractivity contribution in [2.45, 2.75) is 58.1 Å². The Bertz CT molecular complexity index is 1030. The van der Waals surface area contributed by atoms with E-state index < -0.39 is 35.4 Å². The van der Waals surface area contributed by atoms with Gasteiger partial charge in [-0.25, -0.2) is 4.79 Å². The second kappa shape index (κ2) is 9.44. The highest BCUT2D eigenvalue weighted by atomic mass is 32.2. The molecule has 0 saturated heterocycles. The number of carbonyl (C=O) groups is 1. The minimum atomic E-state index is -5.98. The van der Waals surface area contributed by atoms with Crippen molar-refractivity contribution in [1.82, 2.24) is 0 Å². The summed E-state index contributed by atoms with van der Waals surface area (Å²) in [5, 5.41) is 9.28. The first-order valence-electron chi connectivity index (χ1n) is 9.84. The number of rotatable bonds is 9. The Labute approximate surface area is 186 Å². The van der Waals surface area contributed by atoms with Crippen LogP contribution in [0.25, 0.3) is 0 Å². The van der Waals surface area contributed by atoms with Gasteiger partial charge in [0.25, 0.3) is 0 Å². The molecule has 0 fully saturated rings. The van der Waals surface area contributed by atoms with Gasteiger partial charge in [-0.2, -0.15) is 21.6 Å². The lowest BCUT2D eigenvalue weighted by Gasteiger charge is -2.22.